The Balaban J connectivity index is 2.37. The van der Waals surface area contributed by atoms with Crippen LogP contribution in [0.25, 0.3) is 0 Å². The number of nitrogens with two attached hydrogens (primary N) is 2. The summed E-state index contributed by atoms with van der Waals surface area (Å²) in [5, 5.41) is 1.14. The number of carbonyl (C=O) groups is 3. The highest BCUT2D eigenvalue weighted by Crippen LogP contribution is 2.25. The number of nitrogens with one attached hydrogen (secondary N) is 1. The molecule has 3 amide bonds. The van der Waals surface area contributed by atoms with Crippen molar-refractivity contribution in [2.24, 2.45) is 11.5 Å². The SMILES string of the molecule is [2H]N1CCC[C@H]1C(=O)N(CC(N)=O)C(=O)C(N)(CC)c1ccccc1. The van der Waals surface area contributed by atoms with Gasteiger partial charge in [0.25, 0.3) is 5.91 Å². The lowest BCUT2D eigenvalue weighted by Crippen LogP contribution is -2.58. The summed E-state index contributed by atoms with van der Waals surface area (Å²) in [6, 6.07) is 7.96. The van der Waals surface area contributed by atoms with E-state index in [1.54, 1.807) is 37.3 Å². The van der Waals surface area contributed by atoms with Crippen molar-refractivity contribution < 1.29 is 15.8 Å². The van der Waals surface area contributed by atoms with Gasteiger partial charge in [0.1, 0.15) is 13.5 Å². The minimum absolute atomic E-state index is 0.244. The first-order chi connectivity index (χ1) is 11.8. The Morgan fingerprint density at radius 1 is 1.38 bits per heavy atom. The van der Waals surface area contributed by atoms with E-state index in [4.69, 9.17) is 12.9 Å². The van der Waals surface area contributed by atoms with Gasteiger partial charge in [-0.05, 0) is 31.4 Å². The van der Waals surface area contributed by atoms with Gasteiger partial charge >= 0.3 is 0 Å². The van der Waals surface area contributed by atoms with Gasteiger partial charge in [-0.1, -0.05) is 37.3 Å². The first kappa shape index (κ1) is 16.6. The molecule has 1 aromatic carbocycles. The van der Waals surface area contributed by atoms with Gasteiger partial charge < -0.3 is 16.8 Å². The molecule has 2 rings (SSSR count). The van der Waals surface area contributed by atoms with Crippen LogP contribution in [0.3, 0.4) is 0 Å². The molecule has 0 aromatic heterocycles. The highest BCUT2D eigenvalue weighted by Gasteiger charge is 2.42. The Hall–Kier alpha value is -2.25. The minimum atomic E-state index is -1.45. The van der Waals surface area contributed by atoms with Crippen molar-refractivity contribution in [2.45, 2.75) is 37.8 Å². The molecular weight excluding hydrogens is 308 g/mol. The average molecular weight is 333 g/mol. The van der Waals surface area contributed by atoms with E-state index in [2.05, 4.69) is 0 Å². The fourth-order valence-corrected chi connectivity index (χ4v) is 2.87. The fraction of sp³-hybridized carbons (Fsp3) is 0.471. The molecule has 1 fully saturated rings. The maximum atomic E-state index is 13.1. The lowest BCUT2D eigenvalue weighted by molar-refractivity contribution is -0.152. The van der Waals surface area contributed by atoms with Crippen LogP contribution in [0.2, 0.25) is 1.41 Å². The number of amides is 3. The third-order valence-corrected chi connectivity index (χ3v) is 4.32. The van der Waals surface area contributed by atoms with Gasteiger partial charge in [0.05, 0.1) is 6.04 Å². The Kier molecular flexibility index (Phi) is 5.22. The van der Waals surface area contributed by atoms with E-state index >= 15 is 0 Å². The molecule has 1 aliphatic heterocycles. The molecule has 7 nitrogen and oxygen atoms in total. The molecule has 0 bridgehead atoms. The topological polar surface area (TPSA) is 119 Å². The number of hydrogen-bond donors (Lipinski definition) is 3. The second kappa shape index (κ2) is 7.55. The number of nitrogens with zero attached hydrogens (tertiary/aromatic N) is 1. The molecule has 1 aliphatic rings. The summed E-state index contributed by atoms with van der Waals surface area (Å²) in [5.41, 5.74) is 10.7. The summed E-state index contributed by atoms with van der Waals surface area (Å²) >= 11 is 0. The first-order valence-electron chi connectivity index (χ1n) is 8.50. The van der Waals surface area contributed by atoms with E-state index < -0.39 is 35.8 Å². The Labute approximate surface area is 142 Å². The van der Waals surface area contributed by atoms with Gasteiger partial charge in [-0.25, -0.2) is 0 Å². The minimum Gasteiger partial charge on any atom is -0.368 e. The van der Waals surface area contributed by atoms with Crippen molar-refractivity contribution >= 4 is 17.7 Å². The molecule has 24 heavy (non-hydrogen) atoms. The van der Waals surface area contributed by atoms with Crippen molar-refractivity contribution in [2.75, 3.05) is 13.1 Å². The molecule has 0 spiro atoms. The second-order valence-electron chi connectivity index (χ2n) is 5.95. The Morgan fingerprint density at radius 3 is 2.54 bits per heavy atom. The fourth-order valence-electron chi connectivity index (χ4n) is 2.87. The second-order valence-corrected chi connectivity index (χ2v) is 5.95. The van der Waals surface area contributed by atoms with Crippen LogP contribution in [0.15, 0.2) is 30.3 Å². The smallest absolute Gasteiger partial charge is 0.254 e. The van der Waals surface area contributed by atoms with E-state index in [1.807, 2.05) is 0 Å². The number of imide groups is 1. The lowest BCUT2D eigenvalue weighted by atomic mass is 9.86. The zero-order valence-electron chi connectivity index (χ0n) is 14.8. The molecule has 130 valence electrons. The van der Waals surface area contributed by atoms with Crippen LogP contribution >= 0.6 is 0 Å². The number of hydrogen-bond acceptors (Lipinski definition) is 5. The molecule has 1 aromatic rings. The lowest BCUT2D eigenvalue weighted by Gasteiger charge is -2.33. The largest absolute Gasteiger partial charge is 0.368 e. The molecular formula is C17H24N4O3. The van der Waals surface area contributed by atoms with Crippen LogP contribution in [0.1, 0.15) is 31.7 Å². The molecule has 2 atom stereocenters. The van der Waals surface area contributed by atoms with Crippen LogP contribution in [-0.2, 0) is 19.9 Å². The molecule has 0 saturated carbocycles. The van der Waals surface area contributed by atoms with Crippen molar-refractivity contribution in [1.29, 1.82) is 0 Å². The van der Waals surface area contributed by atoms with E-state index in [9.17, 15) is 14.4 Å². The van der Waals surface area contributed by atoms with Gasteiger partial charge in [-0.15, -0.1) is 0 Å². The van der Waals surface area contributed by atoms with E-state index in [0.29, 0.717) is 24.9 Å². The molecule has 0 radical (unpaired) electrons. The van der Waals surface area contributed by atoms with Gasteiger partial charge in [-0.3, -0.25) is 19.3 Å². The maximum Gasteiger partial charge on any atom is 0.254 e. The number of primary amides is 1. The molecule has 1 saturated heterocycles. The monoisotopic (exact) mass is 333 g/mol. The predicted molar refractivity (Wildman–Crippen MR) is 89.5 cm³/mol. The summed E-state index contributed by atoms with van der Waals surface area (Å²) < 4.78 is 7.83. The molecule has 0 aliphatic carbocycles. The quantitative estimate of drug-likeness (QED) is 0.668. The zero-order chi connectivity index (χ0) is 18.6. The van der Waals surface area contributed by atoms with Crippen molar-refractivity contribution in [3.63, 3.8) is 0 Å². The van der Waals surface area contributed by atoms with Gasteiger partial charge in [0.2, 0.25) is 11.8 Å². The molecule has 1 unspecified atom stereocenters. The zero-order valence-corrected chi connectivity index (χ0v) is 13.8. The van der Waals surface area contributed by atoms with Crippen molar-refractivity contribution in [3.05, 3.63) is 35.9 Å². The molecule has 7 heteroatoms. The van der Waals surface area contributed by atoms with Crippen molar-refractivity contribution in [1.82, 2.24) is 10.2 Å². The highest BCUT2D eigenvalue weighted by molar-refractivity contribution is 6.04. The Morgan fingerprint density at radius 2 is 2.04 bits per heavy atom. The molecule has 5 N–H and O–H groups in total. The number of benzene rings is 1. The van der Waals surface area contributed by atoms with Gasteiger partial charge in [-0.2, -0.15) is 0 Å². The van der Waals surface area contributed by atoms with Gasteiger partial charge in [0, 0.05) is 0 Å². The summed E-state index contributed by atoms with van der Waals surface area (Å²) in [7, 11) is 0. The third-order valence-electron chi connectivity index (χ3n) is 4.32. The predicted octanol–water partition coefficient (Wildman–Crippen LogP) is -0.157. The van der Waals surface area contributed by atoms with Crippen LogP contribution < -0.4 is 16.8 Å². The van der Waals surface area contributed by atoms with Crippen LogP contribution in [0.4, 0.5) is 0 Å². The number of rotatable bonds is 6. The van der Waals surface area contributed by atoms with Crippen LogP contribution in [-0.4, -0.2) is 41.8 Å². The Bertz CT molecular complexity index is 655. The van der Waals surface area contributed by atoms with E-state index in [1.165, 1.54) is 0 Å². The van der Waals surface area contributed by atoms with Crippen LogP contribution in [0.5, 0.6) is 0 Å². The van der Waals surface area contributed by atoms with Crippen LogP contribution in [0, 0.1) is 0 Å². The standard InChI is InChI=1S/C17H24N4O3/c1-2-17(19,12-7-4-3-5-8-12)16(24)21(11-14(18)22)15(23)13-9-6-10-20-13/h3-5,7-8,13,20H,2,6,9-11,19H2,1H3,(H2,18,22)/t13-,17?/m0/s1/i/hD. The summed E-state index contributed by atoms with van der Waals surface area (Å²) in [6.45, 7) is 1.63. The summed E-state index contributed by atoms with van der Waals surface area (Å²) in [5.74, 6) is -2.08. The molecule has 1 heterocycles. The van der Waals surface area contributed by atoms with E-state index in [0.717, 1.165) is 10.2 Å². The first-order valence-corrected chi connectivity index (χ1v) is 8.05. The average Bonchev–Trinajstić information content (AvgIpc) is 3.04. The van der Waals surface area contributed by atoms with Crippen molar-refractivity contribution in [3.8, 4) is 0 Å². The van der Waals surface area contributed by atoms with Gasteiger partial charge in [0.15, 0.2) is 0 Å². The maximum absolute atomic E-state index is 13.1. The number of carbonyl (C=O) groups excluding carboxylic acids is 3. The normalized spacial score (nSPS) is 20.9. The highest BCUT2D eigenvalue weighted by atomic mass is 16.2. The third kappa shape index (κ3) is 3.63. The van der Waals surface area contributed by atoms with E-state index in [-0.39, 0.29) is 6.42 Å². The summed E-state index contributed by atoms with van der Waals surface area (Å²) in [4.78, 5) is 38.2. The summed E-state index contributed by atoms with van der Waals surface area (Å²) in [6.07, 6.45) is 1.38.